The number of aryl methyl sites for hydroxylation is 1. The van der Waals surface area contributed by atoms with Gasteiger partial charge in [-0.25, -0.2) is 4.98 Å². The zero-order chi connectivity index (χ0) is 23.2. The summed E-state index contributed by atoms with van der Waals surface area (Å²) in [7, 11) is 0. The lowest BCUT2D eigenvalue weighted by molar-refractivity contribution is -0.114. The molecule has 0 aliphatic heterocycles. The molecule has 0 unspecified atom stereocenters. The van der Waals surface area contributed by atoms with Crippen LogP contribution in [-0.4, -0.2) is 23.7 Å². The first kappa shape index (κ1) is 22.7. The molecule has 0 saturated heterocycles. The molecule has 0 aliphatic carbocycles. The second-order valence-corrected chi connectivity index (χ2v) is 8.64. The summed E-state index contributed by atoms with van der Waals surface area (Å²) in [6.45, 7) is 4.57. The molecular weight excluding hydrogens is 454 g/mol. The largest absolute Gasteiger partial charge is 0.494 e. The molecule has 0 spiro atoms. The van der Waals surface area contributed by atoms with E-state index in [0.29, 0.717) is 16.8 Å². The summed E-state index contributed by atoms with van der Waals surface area (Å²) in [5.41, 5.74) is 3.54. The fourth-order valence-corrected chi connectivity index (χ4v) is 4.32. The molecule has 3 aromatic carbocycles. The van der Waals surface area contributed by atoms with Crippen molar-refractivity contribution in [1.82, 2.24) is 4.98 Å². The van der Waals surface area contributed by atoms with Crippen LogP contribution in [0.4, 0.5) is 5.13 Å². The van der Waals surface area contributed by atoms with E-state index in [-0.39, 0.29) is 5.91 Å². The van der Waals surface area contributed by atoms with Crippen LogP contribution in [0.2, 0.25) is 5.02 Å². The third-order valence-corrected chi connectivity index (χ3v) is 6.08. The van der Waals surface area contributed by atoms with Crippen molar-refractivity contribution in [3.8, 4) is 5.75 Å². The van der Waals surface area contributed by atoms with Gasteiger partial charge in [0.2, 0.25) is 5.13 Å². The van der Waals surface area contributed by atoms with E-state index in [1.165, 1.54) is 22.4 Å². The van der Waals surface area contributed by atoms with Gasteiger partial charge in [0.05, 0.1) is 23.0 Å². The van der Waals surface area contributed by atoms with Gasteiger partial charge in [-0.3, -0.25) is 4.79 Å². The molecule has 166 valence electrons. The van der Waals surface area contributed by atoms with Crippen molar-refractivity contribution in [3.05, 3.63) is 94.5 Å². The van der Waals surface area contributed by atoms with Gasteiger partial charge >= 0.3 is 0 Å². The smallest absolute Gasteiger partial charge is 0.273 e. The predicted octanol–water partition coefficient (Wildman–Crippen LogP) is 6.74. The van der Waals surface area contributed by atoms with E-state index in [1.807, 2.05) is 68.4 Å². The number of thiazole rings is 1. The van der Waals surface area contributed by atoms with Crippen molar-refractivity contribution in [2.24, 2.45) is 5.10 Å². The van der Waals surface area contributed by atoms with Crippen LogP contribution in [0.5, 0.6) is 5.75 Å². The molecule has 0 atom stereocenters. The predicted molar refractivity (Wildman–Crippen MR) is 138 cm³/mol. The maximum atomic E-state index is 13.2. The van der Waals surface area contributed by atoms with Crippen LogP contribution in [0.25, 0.3) is 16.3 Å². The number of anilines is 1. The molecule has 33 heavy (non-hydrogen) atoms. The molecule has 5 nitrogen and oxygen atoms in total. The number of hydrogen-bond acceptors (Lipinski definition) is 5. The van der Waals surface area contributed by atoms with Gasteiger partial charge in [0.15, 0.2) is 0 Å². The van der Waals surface area contributed by atoms with Gasteiger partial charge in [-0.05, 0) is 79.1 Å². The van der Waals surface area contributed by atoms with Crippen LogP contribution in [0.15, 0.2) is 77.9 Å². The average molecular weight is 476 g/mol. The summed E-state index contributed by atoms with van der Waals surface area (Å²) in [5.74, 6) is 0.458. The zero-order valence-electron chi connectivity index (χ0n) is 18.2. The number of halogens is 1. The minimum atomic E-state index is -0.326. The van der Waals surface area contributed by atoms with E-state index in [9.17, 15) is 4.79 Å². The van der Waals surface area contributed by atoms with Gasteiger partial charge in [-0.1, -0.05) is 47.2 Å². The lowest BCUT2D eigenvalue weighted by Crippen LogP contribution is -2.23. The number of rotatable bonds is 7. The number of aromatic nitrogens is 1. The summed E-state index contributed by atoms with van der Waals surface area (Å²) in [5, 5.41) is 6.85. The third-order valence-electron chi connectivity index (χ3n) is 4.75. The minimum absolute atomic E-state index is 0.326. The first-order valence-corrected chi connectivity index (χ1v) is 11.6. The molecule has 0 N–H and O–H groups in total. The molecule has 0 radical (unpaired) electrons. The Morgan fingerprint density at radius 1 is 1.15 bits per heavy atom. The number of hydrazone groups is 1. The van der Waals surface area contributed by atoms with Crippen molar-refractivity contribution in [3.63, 3.8) is 0 Å². The molecule has 4 rings (SSSR count). The molecule has 1 heterocycles. The van der Waals surface area contributed by atoms with Gasteiger partial charge in [0.1, 0.15) is 5.75 Å². The number of carbonyl (C=O) groups is 1. The second kappa shape index (κ2) is 10.4. The van der Waals surface area contributed by atoms with Gasteiger partial charge in [-0.15, -0.1) is 0 Å². The van der Waals surface area contributed by atoms with Crippen LogP contribution in [0.1, 0.15) is 23.6 Å². The Labute approximate surface area is 201 Å². The van der Waals surface area contributed by atoms with Gasteiger partial charge in [0, 0.05) is 11.1 Å². The number of carbonyl (C=O) groups excluding carboxylic acids is 1. The van der Waals surface area contributed by atoms with E-state index in [2.05, 4.69) is 16.2 Å². The normalized spacial score (nSPS) is 11.5. The van der Waals surface area contributed by atoms with Crippen molar-refractivity contribution < 1.29 is 9.53 Å². The first-order chi connectivity index (χ1) is 16.0. The van der Waals surface area contributed by atoms with E-state index in [1.54, 1.807) is 18.4 Å². The Balaban J connectivity index is 1.66. The summed E-state index contributed by atoms with van der Waals surface area (Å²) in [6.07, 6.45) is 4.77. The maximum Gasteiger partial charge on any atom is 0.273 e. The molecule has 1 aromatic heterocycles. The number of ether oxygens (including phenoxy) is 1. The first-order valence-electron chi connectivity index (χ1n) is 10.4. The standard InChI is InChI=1S/C26H22ClN3O2S/c1-3-32-21-12-9-19(10-13-21)17-28-30(25(31)15-11-20-6-4-5-7-22(20)27)26-29-23-14-8-18(2)16-24(23)33-26/h4-17H,3H2,1-2H3/b15-11+,28-17+. The van der Waals surface area contributed by atoms with Crippen molar-refractivity contribution >= 4 is 56.5 Å². The van der Waals surface area contributed by atoms with Gasteiger partial charge < -0.3 is 4.74 Å². The molecule has 0 saturated carbocycles. The van der Waals surface area contributed by atoms with Crippen LogP contribution in [0, 0.1) is 6.92 Å². The molecule has 0 bridgehead atoms. The monoisotopic (exact) mass is 475 g/mol. The van der Waals surface area contributed by atoms with Crippen LogP contribution in [-0.2, 0) is 4.79 Å². The average Bonchev–Trinajstić information content (AvgIpc) is 3.22. The number of fused-ring (bicyclic) bond motifs is 1. The van der Waals surface area contributed by atoms with Crippen molar-refractivity contribution in [2.45, 2.75) is 13.8 Å². The molecular formula is C26H22ClN3O2S. The number of nitrogens with zero attached hydrogens (tertiary/aromatic N) is 3. The van der Waals surface area contributed by atoms with E-state index in [0.717, 1.165) is 32.7 Å². The molecule has 4 aromatic rings. The zero-order valence-corrected chi connectivity index (χ0v) is 19.8. The fourth-order valence-electron chi connectivity index (χ4n) is 3.09. The van der Waals surface area contributed by atoms with Crippen molar-refractivity contribution in [2.75, 3.05) is 11.6 Å². The van der Waals surface area contributed by atoms with Crippen LogP contribution >= 0.6 is 22.9 Å². The Morgan fingerprint density at radius 2 is 1.94 bits per heavy atom. The SMILES string of the molecule is CCOc1ccc(/C=N/N(C(=O)/C=C/c2ccccc2Cl)c2nc3ccc(C)cc3s2)cc1. The minimum Gasteiger partial charge on any atom is -0.494 e. The topological polar surface area (TPSA) is 54.8 Å². The van der Waals surface area contributed by atoms with Crippen LogP contribution in [0.3, 0.4) is 0 Å². The van der Waals surface area contributed by atoms with E-state index >= 15 is 0 Å². The summed E-state index contributed by atoms with van der Waals surface area (Å²) in [6, 6.07) is 20.9. The number of hydrogen-bond donors (Lipinski definition) is 0. The summed E-state index contributed by atoms with van der Waals surface area (Å²) in [4.78, 5) is 17.8. The van der Waals surface area contributed by atoms with Gasteiger partial charge in [0.25, 0.3) is 5.91 Å². The highest BCUT2D eigenvalue weighted by atomic mass is 35.5. The molecule has 0 fully saturated rings. The van der Waals surface area contributed by atoms with Gasteiger partial charge in [-0.2, -0.15) is 10.1 Å². The highest BCUT2D eigenvalue weighted by Crippen LogP contribution is 2.30. The number of amides is 1. The number of benzene rings is 3. The Kier molecular flexibility index (Phi) is 7.17. The molecule has 0 aliphatic rings. The quantitative estimate of drug-likeness (QED) is 0.169. The maximum absolute atomic E-state index is 13.2. The highest BCUT2D eigenvalue weighted by Gasteiger charge is 2.17. The molecule has 1 amide bonds. The van der Waals surface area contributed by atoms with Crippen molar-refractivity contribution in [1.29, 1.82) is 0 Å². The lowest BCUT2D eigenvalue weighted by Gasteiger charge is -2.11. The Hall–Kier alpha value is -3.48. The lowest BCUT2D eigenvalue weighted by atomic mass is 10.2. The third kappa shape index (κ3) is 5.66. The molecule has 7 heteroatoms. The van der Waals surface area contributed by atoms with Crippen LogP contribution < -0.4 is 9.75 Å². The Morgan fingerprint density at radius 3 is 2.70 bits per heavy atom. The van der Waals surface area contributed by atoms with E-state index in [4.69, 9.17) is 16.3 Å². The summed E-state index contributed by atoms with van der Waals surface area (Å²) < 4.78 is 6.48. The highest BCUT2D eigenvalue weighted by molar-refractivity contribution is 7.22. The fraction of sp³-hybridized carbons (Fsp3) is 0.115. The Bertz CT molecular complexity index is 1330. The van der Waals surface area contributed by atoms with E-state index < -0.39 is 0 Å². The summed E-state index contributed by atoms with van der Waals surface area (Å²) >= 11 is 7.64. The second-order valence-electron chi connectivity index (χ2n) is 7.22.